The van der Waals surface area contributed by atoms with Crippen molar-refractivity contribution in [1.82, 2.24) is 9.80 Å². The molecule has 0 radical (unpaired) electrons. The van der Waals surface area contributed by atoms with Gasteiger partial charge < -0.3 is 19.0 Å². The maximum Gasteiger partial charge on any atom is 0.289 e. The lowest BCUT2D eigenvalue weighted by atomic mass is 10.0. The Balaban J connectivity index is 1.29. The number of nitrogens with zero attached hydrogens (tertiary/aromatic N) is 2. The van der Waals surface area contributed by atoms with Crippen molar-refractivity contribution < 1.29 is 13.9 Å². The van der Waals surface area contributed by atoms with Crippen LogP contribution in [0.25, 0.3) is 0 Å². The van der Waals surface area contributed by atoms with Crippen LogP contribution in [0.2, 0.25) is 0 Å². The molecule has 150 valence electrons. The van der Waals surface area contributed by atoms with Crippen molar-refractivity contribution >= 4 is 5.91 Å². The highest BCUT2D eigenvalue weighted by Crippen LogP contribution is 2.32. The molecule has 4 rings (SSSR count). The van der Waals surface area contributed by atoms with E-state index in [4.69, 9.17) is 9.15 Å². The highest BCUT2D eigenvalue weighted by Gasteiger charge is 2.34. The lowest BCUT2D eigenvalue weighted by molar-refractivity contribution is 0.0529. The second-order valence-corrected chi connectivity index (χ2v) is 8.05. The van der Waals surface area contributed by atoms with E-state index >= 15 is 0 Å². The Hall–Kier alpha value is -2.27. The summed E-state index contributed by atoms with van der Waals surface area (Å²) in [7, 11) is 1.70. The summed E-state index contributed by atoms with van der Waals surface area (Å²) in [6.07, 6.45) is 7.23. The highest BCUT2D eigenvalue weighted by atomic mass is 16.5. The van der Waals surface area contributed by atoms with E-state index in [9.17, 15) is 4.79 Å². The van der Waals surface area contributed by atoms with E-state index in [2.05, 4.69) is 21.9 Å². The van der Waals surface area contributed by atoms with Crippen LogP contribution in [0, 0.1) is 5.92 Å². The van der Waals surface area contributed by atoms with Gasteiger partial charge in [-0.05, 0) is 67.9 Å². The number of hydrogen-bond donors (Lipinski definition) is 0. The number of carbonyl (C=O) groups is 1. The second kappa shape index (κ2) is 8.82. The first-order chi connectivity index (χ1) is 13.7. The molecule has 2 aliphatic rings. The van der Waals surface area contributed by atoms with E-state index in [0.29, 0.717) is 17.7 Å². The van der Waals surface area contributed by atoms with Gasteiger partial charge in [-0.3, -0.25) is 4.79 Å². The van der Waals surface area contributed by atoms with Crippen molar-refractivity contribution in [3.05, 3.63) is 54.0 Å². The van der Waals surface area contributed by atoms with Crippen LogP contribution in [-0.2, 0) is 6.42 Å². The minimum Gasteiger partial charge on any atom is -0.497 e. The molecule has 2 aromatic rings. The van der Waals surface area contributed by atoms with E-state index in [-0.39, 0.29) is 5.91 Å². The number of piperidine rings is 1. The summed E-state index contributed by atoms with van der Waals surface area (Å²) in [6, 6.07) is 12.2. The normalized spacial score (nSPS) is 18.2. The largest absolute Gasteiger partial charge is 0.497 e. The van der Waals surface area contributed by atoms with Crippen LogP contribution in [0.4, 0.5) is 0 Å². The molecule has 5 nitrogen and oxygen atoms in total. The van der Waals surface area contributed by atoms with E-state index in [1.165, 1.54) is 18.4 Å². The van der Waals surface area contributed by atoms with Crippen LogP contribution in [0.3, 0.4) is 0 Å². The first kappa shape index (κ1) is 19.1. The molecule has 1 saturated heterocycles. The van der Waals surface area contributed by atoms with Gasteiger partial charge in [0.2, 0.25) is 0 Å². The Morgan fingerprint density at radius 1 is 1.14 bits per heavy atom. The van der Waals surface area contributed by atoms with Gasteiger partial charge in [0.15, 0.2) is 5.76 Å². The van der Waals surface area contributed by atoms with Crippen molar-refractivity contribution in [2.24, 2.45) is 5.92 Å². The first-order valence-corrected chi connectivity index (χ1v) is 10.4. The average Bonchev–Trinajstić information content (AvgIpc) is 3.40. The third-order valence-electron chi connectivity index (χ3n) is 6.02. The summed E-state index contributed by atoms with van der Waals surface area (Å²) in [6.45, 7) is 4.05. The van der Waals surface area contributed by atoms with Gasteiger partial charge in [0.25, 0.3) is 5.91 Å². The molecular formula is C23H30N2O3. The smallest absolute Gasteiger partial charge is 0.289 e. The van der Waals surface area contributed by atoms with Crippen LogP contribution < -0.4 is 4.74 Å². The molecule has 0 N–H and O–H groups in total. The Labute approximate surface area is 167 Å². The number of methoxy groups -OCH3 is 1. The predicted octanol–water partition coefficient (Wildman–Crippen LogP) is 3.85. The molecule has 1 saturated carbocycles. The van der Waals surface area contributed by atoms with Crippen LogP contribution >= 0.6 is 0 Å². The molecule has 1 aromatic carbocycles. The lowest BCUT2D eigenvalue weighted by Gasteiger charge is -2.38. The van der Waals surface area contributed by atoms with E-state index in [1.807, 2.05) is 12.1 Å². The van der Waals surface area contributed by atoms with Crippen LogP contribution in [0.15, 0.2) is 47.1 Å². The molecule has 5 heteroatoms. The van der Waals surface area contributed by atoms with Gasteiger partial charge in [0, 0.05) is 32.2 Å². The zero-order valence-electron chi connectivity index (χ0n) is 16.7. The monoisotopic (exact) mass is 382 g/mol. The van der Waals surface area contributed by atoms with Gasteiger partial charge in [-0.2, -0.15) is 0 Å². The Morgan fingerprint density at radius 2 is 1.89 bits per heavy atom. The minimum atomic E-state index is 0.0635. The van der Waals surface area contributed by atoms with Gasteiger partial charge in [0.1, 0.15) is 5.75 Å². The Bertz CT molecular complexity index is 745. The summed E-state index contributed by atoms with van der Waals surface area (Å²) in [5.41, 5.74) is 1.34. The summed E-state index contributed by atoms with van der Waals surface area (Å²) < 4.78 is 10.6. The molecule has 1 aliphatic heterocycles. The van der Waals surface area contributed by atoms with Crippen molar-refractivity contribution in [2.45, 2.75) is 38.1 Å². The minimum absolute atomic E-state index is 0.0635. The van der Waals surface area contributed by atoms with Gasteiger partial charge in [0.05, 0.1) is 13.4 Å². The number of amides is 1. The Kier molecular flexibility index (Phi) is 6.01. The number of likely N-dealkylation sites (tertiary alicyclic amines) is 1. The zero-order valence-corrected chi connectivity index (χ0v) is 16.7. The predicted molar refractivity (Wildman–Crippen MR) is 109 cm³/mol. The van der Waals surface area contributed by atoms with Crippen molar-refractivity contribution in [2.75, 3.05) is 33.3 Å². The number of ether oxygens (including phenoxy) is 1. The molecule has 2 fully saturated rings. The van der Waals surface area contributed by atoms with Crippen molar-refractivity contribution in [3.8, 4) is 5.75 Å². The average molecular weight is 383 g/mol. The summed E-state index contributed by atoms with van der Waals surface area (Å²) >= 11 is 0. The van der Waals surface area contributed by atoms with E-state index < -0.39 is 0 Å². The Morgan fingerprint density at radius 3 is 2.50 bits per heavy atom. The number of furan rings is 1. The summed E-state index contributed by atoms with van der Waals surface area (Å²) in [4.78, 5) is 17.5. The molecule has 0 atom stereocenters. The van der Waals surface area contributed by atoms with Crippen molar-refractivity contribution in [1.29, 1.82) is 0 Å². The highest BCUT2D eigenvalue weighted by molar-refractivity contribution is 5.91. The third kappa shape index (κ3) is 4.76. The topological polar surface area (TPSA) is 45.9 Å². The molecular weight excluding hydrogens is 352 g/mol. The maximum atomic E-state index is 12.9. The van der Waals surface area contributed by atoms with Crippen molar-refractivity contribution in [3.63, 3.8) is 0 Å². The number of rotatable bonds is 8. The fourth-order valence-corrected chi connectivity index (χ4v) is 4.05. The van der Waals surface area contributed by atoms with Gasteiger partial charge in [-0.1, -0.05) is 12.1 Å². The SMILES string of the molecule is COc1ccc(CCN2CCC(N(CC3CC3)C(=O)c3ccco3)CC2)cc1. The van der Waals surface area contributed by atoms with Gasteiger partial charge in [-0.25, -0.2) is 0 Å². The quantitative estimate of drug-likeness (QED) is 0.696. The molecule has 0 spiro atoms. The van der Waals surface area contributed by atoms with Gasteiger partial charge in [-0.15, -0.1) is 0 Å². The van der Waals surface area contributed by atoms with Crippen LogP contribution in [-0.4, -0.2) is 55.0 Å². The maximum absolute atomic E-state index is 12.9. The molecule has 1 amide bonds. The number of benzene rings is 1. The zero-order chi connectivity index (χ0) is 19.3. The second-order valence-electron chi connectivity index (χ2n) is 8.05. The van der Waals surface area contributed by atoms with Gasteiger partial charge >= 0.3 is 0 Å². The van der Waals surface area contributed by atoms with E-state index in [1.54, 1.807) is 25.5 Å². The fraction of sp³-hybridized carbons (Fsp3) is 0.522. The molecule has 1 aromatic heterocycles. The summed E-state index contributed by atoms with van der Waals surface area (Å²) in [5.74, 6) is 2.13. The summed E-state index contributed by atoms with van der Waals surface area (Å²) in [5, 5.41) is 0. The fourth-order valence-electron chi connectivity index (χ4n) is 4.05. The standard InChI is InChI=1S/C23H30N2O3/c1-27-21-8-6-18(7-9-21)10-13-24-14-11-20(12-15-24)25(17-19-4-5-19)23(26)22-3-2-16-28-22/h2-3,6-9,16,19-20H,4-5,10-15,17H2,1H3. The number of hydrogen-bond acceptors (Lipinski definition) is 4. The first-order valence-electron chi connectivity index (χ1n) is 10.4. The molecule has 1 aliphatic carbocycles. The molecule has 28 heavy (non-hydrogen) atoms. The molecule has 0 unspecified atom stereocenters. The number of carbonyl (C=O) groups excluding carboxylic acids is 1. The van der Waals surface area contributed by atoms with Crippen LogP contribution in [0.5, 0.6) is 5.75 Å². The van der Waals surface area contributed by atoms with Crippen LogP contribution in [0.1, 0.15) is 41.8 Å². The molecule has 0 bridgehead atoms. The van der Waals surface area contributed by atoms with E-state index in [0.717, 1.165) is 51.2 Å². The molecule has 2 heterocycles. The lowest BCUT2D eigenvalue weighted by Crippen LogP contribution is -2.48. The third-order valence-corrected chi connectivity index (χ3v) is 6.02.